The third-order valence-electron chi connectivity index (χ3n) is 4.95. The van der Waals surface area contributed by atoms with Crippen LogP contribution in [0.5, 0.6) is 0 Å². The molecule has 0 aromatic heterocycles. The Morgan fingerprint density at radius 1 is 1.29 bits per heavy atom. The van der Waals surface area contributed by atoms with Gasteiger partial charge in [0.05, 0.1) is 17.9 Å². The van der Waals surface area contributed by atoms with Crippen LogP contribution in [0.2, 0.25) is 0 Å². The molecule has 1 saturated carbocycles. The highest BCUT2D eigenvalue weighted by atomic mass is 16.5. The zero-order valence-corrected chi connectivity index (χ0v) is 13.0. The van der Waals surface area contributed by atoms with Crippen LogP contribution in [-0.4, -0.2) is 35.7 Å². The Morgan fingerprint density at radius 3 is 2.43 bits per heavy atom. The molecule has 1 amide bonds. The van der Waals surface area contributed by atoms with Gasteiger partial charge in [-0.15, -0.1) is 0 Å². The predicted octanol–water partition coefficient (Wildman–Crippen LogP) is 1.97. The summed E-state index contributed by atoms with van der Waals surface area (Å²) in [5, 5.41) is 12.3. The van der Waals surface area contributed by atoms with Gasteiger partial charge >= 0.3 is 5.97 Å². The van der Waals surface area contributed by atoms with Crippen LogP contribution in [0.15, 0.2) is 12.2 Å². The molecular formula is C16H25NO4. The molecule has 2 aliphatic rings. The Bertz CT molecular complexity index is 444. The summed E-state index contributed by atoms with van der Waals surface area (Å²) in [6, 6.07) is 0.0573. The molecule has 0 aromatic rings. The number of nitrogens with one attached hydrogen (secondary N) is 1. The average molecular weight is 295 g/mol. The van der Waals surface area contributed by atoms with Gasteiger partial charge in [-0.25, -0.2) is 0 Å². The van der Waals surface area contributed by atoms with Crippen molar-refractivity contribution in [3.05, 3.63) is 12.2 Å². The Kier molecular flexibility index (Phi) is 4.71. The first-order valence-corrected chi connectivity index (χ1v) is 7.67. The first-order valence-electron chi connectivity index (χ1n) is 7.67. The van der Waals surface area contributed by atoms with Gasteiger partial charge in [-0.1, -0.05) is 26.0 Å². The van der Waals surface area contributed by atoms with Crippen LogP contribution in [0.25, 0.3) is 0 Å². The minimum absolute atomic E-state index is 0.0573. The van der Waals surface area contributed by atoms with E-state index >= 15 is 0 Å². The lowest BCUT2D eigenvalue weighted by atomic mass is 9.64. The van der Waals surface area contributed by atoms with Gasteiger partial charge in [0.1, 0.15) is 0 Å². The number of carboxylic acids is 1. The second kappa shape index (κ2) is 6.18. The van der Waals surface area contributed by atoms with Crippen LogP contribution < -0.4 is 5.32 Å². The summed E-state index contributed by atoms with van der Waals surface area (Å²) >= 11 is 0. The van der Waals surface area contributed by atoms with E-state index in [0.717, 1.165) is 6.42 Å². The van der Waals surface area contributed by atoms with E-state index in [9.17, 15) is 14.7 Å². The number of ether oxygens (including phenoxy) is 1. The van der Waals surface area contributed by atoms with E-state index in [1.54, 1.807) is 0 Å². The van der Waals surface area contributed by atoms with Crippen molar-refractivity contribution in [3.63, 3.8) is 0 Å². The predicted molar refractivity (Wildman–Crippen MR) is 78.7 cm³/mol. The van der Waals surface area contributed by atoms with Crippen LogP contribution in [0, 0.1) is 17.3 Å². The Labute approximate surface area is 125 Å². The van der Waals surface area contributed by atoms with Crippen molar-refractivity contribution in [3.8, 4) is 0 Å². The molecule has 2 N–H and O–H groups in total. The monoisotopic (exact) mass is 295 g/mol. The lowest BCUT2D eigenvalue weighted by Gasteiger charge is -2.52. The van der Waals surface area contributed by atoms with E-state index in [1.165, 1.54) is 0 Å². The molecule has 118 valence electrons. The maximum Gasteiger partial charge on any atom is 0.307 e. The van der Waals surface area contributed by atoms with E-state index in [0.29, 0.717) is 19.4 Å². The van der Waals surface area contributed by atoms with Gasteiger partial charge in [0.15, 0.2) is 0 Å². The van der Waals surface area contributed by atoms with Crippen molar-refractivity contribution in [1.82, 2.24) is 5.32 Å². The molecule has 4 atom stereocenters. The minimum Gasteiger partial charge on any atom is -0.481 e. The number of amides is 1. The van der Waals surface area contributed by atoms with Crippen LogP contribution in [-0.2, 0) is 14.3 Å². The number of rotatable bonds is 5. The standard InChI is InChI=1S/C16H25NO4/c1-4-21-13-9-12(16(13,2)3)17-14(18)10-7-5-6-8-11(10)15(19)20/h5-6,10-13H,4,7-9H2,1-3H3,(H,17,18)(H,19,20)/t10-,11+,12?,13?/m1/s1. The highest BCUT2D eigenvalue weighted by molar-refractivity contribution is 5.85. The largest absolute Gasteiger partial charge is 0.481 e. The van der Waals surface area contributed by atoms with E-state index in [1.807, 2.05) is 19.1 Å². The molecule has 0 bridgehead atoms. The number of aliphatic carboxylic acids is 1. The molecule has 21 heavy (non-hydrogen) atoms. The van der Waals surface area contributed by atoms with Gasteiger partial charge in [-0.05, 0) is 26.2 Å². The molecule has 0 heterocycles. The topological polar surface area (TPSA) is 75.6 Å². The molecule has 1 fully saturated rings. The maximum atomic E-state index is 12.4. The smallest absolute Gasteiger partial charge is 0.307 e. The number of carbonyl (C=O) groups excluding carboxylic acids is 1. The van der Waals surface area contributed by atoms with Crippen LogP contribution in [0.1, 0.15) is 40.0 Å². The highest BCUT2D eigenvalue weighted by Crippen LogP contribution is 2.43. The number of carboxylic acid groups (broad SMARTS) is 1. The van der Waals surface area contributed by atoms with Crippen LogP contribution in [0.3, 0.4) is 0 Å². The summed E-state index contributed by atoms with van der Waals surface area (Å²) in [6.07, 6.45) is 5.65. The van der Waals surface area contributed by atoms with Crippen molar-refractivity contribution >= 4 is 11.9 Å². The van der Waals surface area contributed by atoms with Crippen LogP contribution >= 0.6 is 0 Å². The third kappa shape index (κ3) is 3.12. The molecule has 0 saturated heterocycles. The zero-order valence-electron chi connectivity index (χ0n) is 13.0. The fraction of sp³-hybridized carbons (Fsp3) is 0.750. The molecule has 2 unspecified atom stereocenters. The van der Waals surface area contributed by atoms with Gasteiger partial charge in [-0.2, -0.15) is 0 Å². The van der Waals surface area contributed by atoms with E-state index < -0.39 is 17.8 Å². The van der Waals surface area contributed by atoms with E-state index in [2.05, 4.69) is 19.2 Å². The van der Waals surface area contributed by atoms with Crippen molar-refractivity contribution < 1.29 is 19.4 Å². The summed E-state index contributed by atoms with van der Waals surface area (Å²) in [6.45, 7) is 6.80. The van der Waals surface area contributed by atoms with Crippen LogP contribution in [0.4, 0.5) is 0 Å². The lowest BCUT2D eigenvalue weighted by molar-refractivity contribution is -0.150. The zero-order chi connectivity index (χ0) is 15.6. The molecule has 0 radical (unpaired) electrons. The molecule has 5 nitrogen and oxygen atoms in total. The maximum absolute atomic E-state index is 12.4. The number of hydrogen-bond donors (Lipinski definition) is 2. The van der Waals surface area contributed by atoms with E-state index in [-0.39, 0.29) is 23.5 Å². The van der Waals surface area contributed by atoms with Crippen molar-refractivity contribution in [2.24, 2.45) is 17.3 Å². The molecule has 0 aliphatic heterocycles. The summed E-state index contributed by atoms with van der Waals surface area (Å²) in [5.41, 5.74) is -0.102. The molecule has 2 aliphatic carbocycles. The van der Waals surface area contributed by atoms with Gasteiger partial charge in [0.25, 0.3) is 0 Å². The van der Waals surface area contributed by atoms with Crippen molar-refractivity contribution in [1.29, 1.82) is 0 Å². The first kappa shape index (κ1) is 16.0. The molecule has 0 spiro atoms. The lowest BCUT2D eigenvalue weighted by Crippen LogP contribution is -2.63. The third-order valence-corrected chi connectivity index (χ3v) is 4.95. The van der Waals surface area contributed by atoms with Crippen molar-refractivity contribution in [2.45, 2.75) is 52.2 Å². The molecular weight excluding hydrogens is 270 g/mol. The van der Waals surface area contributed by atoms with Gasteiger partial charge in [-0.3, -0.25) is 9.59 Å². The van der Waals surface area contributed by atoms with E-state index in [4.69, 9.17) is 4.74 Å². The number of carbonyl (C=O) groups is 2. The summed E-state index contributed by atoms with van der Waals surface area (Å²) in [5.74, 6) is -2.10. The van der Waals surface area contributed by atoms with Gasteiger partial charge < -0.3 is 15.2 Å². The fourth-order valence-electron chi connectivity index (χ4n) is 3.27. The summed E-state index contributed by atoms with van der Waals surface area (Å²) in [4.78, 5) is 23.7. The Balaban J connectivity index is 1.96. The van der Waals surface area contributed by atoms with Gasteiger partial charge in [0.2, 0.25) is 5.91 Å². The summed E-state index contributed by atoms with van der Waals surface area (Å²) < 4.78 is 5.65. The second-order valence-electron chi connectivity index (χ2n) is 6.56. The first-order chi connectivity index (χ1) is 9.87. The second-order valence-corrected chi connectivity index (χ2v) is 6.56. The van der Waals surface area contributed by atoms with Gasteiger partial charge in [0, 0.05) is 18.1 Å². The fourth-order valence-corrected chi connectivity index (χ4v) is 3.27. The Hall–Kier alpha value is -1.36. The number of hydrogen-bond acceptors (Lipinski definition) is 3. The molecule has 2 rings (SSSR count). The molecule has 5 heteroatoms. The SMILES string of the molecule is CCOC1CC(NC(=O)[C@@H]2CC=CC[C@@H]2C(=O)O)C1(C)C. The highest BCUT2D eigenvalue weighted by Gasteiger charge is 2.50. The molecule has 0 aromatic carbocycles. The Morgan fingerprint density at radius 2 is 1.90 bits per heavy atom. The normalized spacial score (nSPS) is 34.0. The number of allylic oxidation sites excluding steroid dienone is 2. The average Bonchev–Trinajstić information content (AvgIpc) is 2.46. The quantitative estimate of drug-likeness (QED) is 0.760. The minimum atomic E-state index is -0.889. The summed E-state index contributed by atoms with van der Waals surface area (Å²) in [7, 11) is 0. The van der Waals surface area contributed by atoms with Crippen molar-refractivity contribution in [2.75, 3.05) is 6.61 Å².